The van der Waals surface area contributed by atoms with Crippen LogP contribution in [0.5, 0.6) is 11.6 Å². The molecule has 0 spiro atoms. The maximum absolute atomic E-state index is 5.93. The minimum atomic E-state index is 0.0552. The molecule has 0 saturated heterocycles. The average Bonchev–Trinajstić information content (AvgIpc) is 2.93. The summed E-state index contributed by atoms with van der Waals surface area (Å²) < 4.78 is 8.94. The predicted molar refractivity (Wildman–Crippen MR) is 84.6 cm³/mol. The number of nitrogens with two attached hydrogens (primary N) is 1. The molecule has 1 atom stereocenters. The SMILES string of the molecule is CC(N)Cc1c(Oc2cccc(Br)c2)nc2sccn12. The number of halogens is 1. The van der Waals surface area contributed by atoms with Gasteiger partial charge in [-0.15, -0.1) is 11.3 Å². The molecule has 2 aromatic heterocycles. The molecule has 0 radical (unpaired) electrons. The summed E-state index contributed by atoms with van der Waals surface area (Å²) in [5.74, 6) is 1.39. The third-order valence-electron chi connectivity index (χ3n) is 2.85. The summed E-state index contributed by atoms with van der Waals surface area (Å²) in [6.45, 7) is 1.98. The van der Waals surface area contributed by atoms with Crippen molar-refractivity contribution in [2.24, 2.45) is 5.73 Å². The van der Waals surface area contributed by atoms with Crippen molar-refractivity contribution < 1.29 is 4.74 Å². The van der Waals surface area contributed by atoms with Gasteiger partial charge in [-0.1, -0.05) is 22.0 Å². The van der Waals surface area contributed by atoms with Crippen molar-refractivity contribution >= 4 is 32.2 Å². The van der Waals surface area contributed by atoms with Crippen LogP contribution < -0.4 is 10.5 Å². The van der Waals surface area contributed by atoms with Crippen molar-refractivity contribution in [1.82, 2.24) is 9.38 Å². The highest BCUT2D eigenvalue weighted by Crippen LogP contribution is 2.29. The zero-order valence-corrected chi connectivity index (χ0v) is 13.3. The van der Waals surface area contributed by atoms with Crippen molar-refractivity contribution in [3.05, 3.63) is 46.0 Å². The van der Waals surface area contributed by atoms with Crippen molar-refractivity contribution in [2.45, 2.75) is 19.4 Å². The Labute approximate surface area is 129 Å². The molecule has 1 unspecified atom stereocenters. The molecular formula is C14H14BrN3OS. The van der Waals surface area contributed by atoms with Crippen LogP contribution in [0.4, 0.5) is 0 Å². The van der Waals surface area contributed by atoms with Gasteiger partial charge in [-0.25, -0.2) is 0 Å². The number of benzene rings is 1. The third kappa shape index (κ3) is 2.72. The highest BCUT2D eigenvalue weighted by atomic mass is 79.9. The standard InChI is InChI=1S/C14H14BrN3OS/c1-9(16)7-12-13(17-14-18(12)5-6-20-14)19-11-4-2-3-10(15)8-11/h2-6,8-9H,7,16H2,1H3. The van der Waals surface area contributed by atoms with Crippen molar-refractivity contribution in [3.8, 4) is 11.6 Å². The lowest BCUT2D eigenvalue weighted by Gasteiger charge is -2.08. The van der Waals surface area contributed by atoms with Gasteiger partial charge >= 0.3 is 0 Å². The number of rotatable bonds is 4. The van der Waals surface area contributed by atoms with Crippen LogP contribution in [0.2, 0.25) is 0 Å². The molecule has 0 bridgehead atoms. The molecule has 0 aliphatic heterocycles. The molecule has 0 aliphatic rings. The minimum Gasteiger partial charge on any atom is -0.437 e. The second-order valence-electron chi connectivity index (χ2n) is 4.66. The van der Waals surface area contributed by atoms with Gasteiger partial charge in [0.25, 0.3) is 0 Å². The van der Waals surface area contributed by atoms with Crippen LogP contribution in [0.1, 0.15) is 12.6 Å². The molecule has 0 amide bonds. The summed E-state index contributed by atoms with van der Waals surface area (Å²) in [4.78, 5) is 5.46. The Bertz CT molecular complexity index is 735. The Morgan fingerprint density at radius 3 is 3.10 bits per heavy atom. The number of aromatic nitrogens is 2. The monoisotopic (exact) mass is 351 g/mol. The fraction of sp³-hybridized carbons (Fsp3) is 0.214. The van der Waals surface area contributed by atoms with Crippen LogP contribution in [0.25, 0.3) is 4.96 Å². The Balaban J connectivity index is 1.99. The molecule has 2 N–H and O–H groups in total. The zero-order chi connectivity index (χ0) is 14.1. The third-order valence-corrected chi connectivity index (χ3v) is 4.10. The summed E-state index contributed by atoms with van der Waals surface area (Å²) >= 11 is 5.02. The Hall–Kier alpha value is -1.37. The second kappa shape index (κ2) is 5.55. The lowest BCUT2D eigenvalue weighted by molar-refractivity contribution is 0.456. The first kappa shape index (κ1) is 13.6. The topological polar surface area (TPSA) is 52.5 Å². The summed E-state index contributed by atoms with van der Waals surface area (Å²) in [7, 11) is 0. The summed E-state index contributed by atoms with van der Waals surface area (Å²) in [5.41, 5.74) is 6.94. The lowest BCUT2D eigenvalue weighted by atomic mass is 10.2. The molecule has 1 aromatic carbocycles. The molecule has 3 rings (SSSR count). The van der Waals surface area contributed by atoms with Crippen LogP contribution in [0.15, 0.2) is 40.3 Å². The Morgan fingerprint density at radius 2 is 2.35 bits per heavy atom. The van der Waals surface area contributed by atoms with E-state index in [1.54, 1.807) is 11.3 Å². The van der Waals surface area contributed by atoms with E-state index in [2.05, 4.69) is 20.9 Å². The lowest BCUT2D eigenvalue weighted by Crippen LogP contribution is -2.19. The quantitative estimate of drug-likeness (QED) is 0.776. The van der Waals surface area contributed by atoms with E-state index >= 15 is 0 Å². The molecule has 0 fully saturated rings. The van der Waals surface area contributed by atoms with E-state index in [0.717, 1.165) is 27.3 Å². The highest BCUT2D eigenvalue weighted by molar-refractivity contribution is 9.10. The first-order valence-corrected chi connectivity index (χ1v) is 7.94. The van der Waals surface area contributed by atoms with Crippen molar-refractivity contribution in [1.29, 1.82) is 0 Å². The maximum Gasteiger partial charge on any atom is 0.242 e. The van der Waals surface area contributed by atoms with E-state index in [-0.39, 0.29) is 6.04 Å². The van der Waals surface area contributed by atoms with Crippen LogP contribution in [-0.2, 0) is 6.42 Å². The van der Waals surface area contributed by atoms with Gasteiger partial charge in [0.2, 0.25) is 5.88 Å². The van der Waals surface area contributed by atoms with Crippen LogP contribution in [0.3, 0.4) is 0 Å². The van der Waals surface area contributed by atoms with Crippen LogP contribution >= 0.6 is 27.3 Å². The van der Waals surface area contributed by atoms with Gasteiger partial charge < -0.3 is 10.5 Å². The van der Waals surface area contributed by atoms with Crippen molar-refractivity contribution in [2.75, 3.05) is 0 Å². The van der Waals surface area contributed by atoms with Gasteiger partial charge in [-0.2, -0.15) is 4.98 Å². The van der Waals surface area contributed by atoms with Gasteiger partial charge in [-0.05, 0) is 25.1 Å². The van der Waals surface area contributed by atoms with Crippen LogP contribution in [-0.4, -0.2) is 15.4 Å². The van der Waals surface area contributed by atoms with E-state index in [1.165, 1.54) is 0 Å². The fourth-order valence-electron chi connectivity index (χ4n) is 2.03. The molecule has 3 aromatic rings. The summed E-state index contributed by atoms with van der Waals surface area (Å²) in [5, 5.41) is 2.01. The molecule has 0 saturated carbocycles. The van der Waals surface area contributed by atoms with E-state index in [4.69, 9.17) is 10.5 Å². The number of fused-ring (bicyclic) bond motifs is 1. The summed E-state index contributed by atoms with van der Waals surface area (Å²) in [6, 6.07) is 7.78. The van der Waals surface area contributed by atoms with Crippen LogP contribution in [0, 0.1) is 0 Å². The zero-order valence-electron chi connectivity index (χ0n) is 10.9. The van der Waals surface area contributed by atoms with E-state index in [1.807, 2.05) is 47.2 Å². The number of nitrogens with zero attached hydrogens (tertiary/aromatic N) is 2. The van der Waals surface area contributed by atoms with Gasteiger partial charge in [0.1, 0.15) is 5.75 Å². The van der Waals surface area contributed by atoms with Gasteiger partial charge in [-0.3, -0.25) is 4.40 Å². The molecule has 2 heterocycles. The minimum absolute atomic E-state index is 0.0552. The Kier molecular flexibility index (Phi) is 3.78. The second-order valence-corrected chi connectivity index (χ2v) is 6.45. The van der Waals surface area contributed by atoms with E-state index in [0.29, 0.717) is 5.88 Å². The summed E-state index contributed by atoms with van der Waals surface area (Å²) in [6.07, 6.45) is 2.72. The van der Waals surface area contributed by atoms with E-state index in [9.17, 15) is 0 Å². The Morgan fingerprint density at radius 1 is 1.50 bits per heavy atom. The molecule has 6 heteroatoms. The molecule has 0 aliphatic carbocycles. The van der Waals surface area contributed by atoms with Gasteiger partial charge in [0, 0.05) is 28.5 Å². The molecule has 104 valence electrons. The number of ether oxygens (including phenoxy) is 1. The molecule has 4 nitrogen and oxygen atoms in total. The smallest absolute Gasteiger partial charge is 0.242 e. The normalized spacial score (nSPS) is 12.8. The first-order valence-electron chi connectivity index (χ1n) is 6.27. The predicted octanol–water partition coefficient (Wildman–Crippen LogP) is 3.84. The van der Waals surface area contributed by atoms with Gasteiger partial charge in [0.15, 0.2) is 4.96 Å². The van der Waals surface area contributed by atoms with Crippen molar-refractivity contribution in [3.63, 3.8) is 0 Å². The number of hydrogen-bond donors (Lipinski definition) is 1. The molecule has 20 heavy (non-hydrogen) atoms. The number of thiazole rings is 1. The highest BCUT2D eigenvalue weighted by Gasteiger charge is 2.16. The maximum atomic E-state index is 5.93. The number of hydrogen-bond acceptors (Lipinski definition) is 4. The first-order chi connectivity index (χ1) is 9.63. The number of imidazole rings is 1. The molecular weight excluding hydrogens is 338 g/mol. The van der Waals surface area contributed by atoms with Gasteiger partial charge in [0.05, 0.1) is 5.69 Å². The van der Waals surface area contributed by atoms with E-state index < -0.39 is 0 Å². The largest absolute Gasteiger partial charge is 0.437 e. The average molecular weight is 352 g/mol. The fourth-order valence-corrected chi connectivity index (χ4v) is 3.13.